The summed E-state index contributed by atoms with van der Waals surface area (Å²) in [6.07, 6.45) is -1.07. The minimum absolute atomic E-state index is 0.0297. The number of alkyl carbamates (subject to hydrolysis) is 1. The molecule has 0 bridgehead atoms. The molecular formula is C27H32F3N9O4. The smallest absolute Gasteiger partial charge is 0.433 e. The summed E-state index contributed by atoms with van der Waals surface area (Å²) in [4.78, 5) is 53.5. The van der Waals surface area contributed by atoms with Crippen molar-refractivity contribution in [1.29, 1.82) is 0 Å². The highest BCUT2D eigenvalue weighted by Gasteiger charge is 2.33. The maximum absolute atomic E-state index is 13.5. The number of ether oxygens (including phenoxy) is 1. The molecule has 1 aliphatic heterocycles. The fourth-order valence-electron chi connectivity index (χ4n) is 4.11. The lowest BCUT2D eigenvalue weighted by Crippen LogP contribution is -2.46. The summed E-state index contributed by atoms with van der Waals surface area (Å²) in [5.41, 5.74) is 0.132. The number of carbonyl (C=O) groups is 3. The lowest BCUT2D eigenvalue weighted by atomic mass is 10.2. The number of fused-ring (bicyclic) bond motifs is 1. The van der Waals surface area contributed by atoms with Gasteiger partial charge in [-0.15, -0.1) is 0 Å². The molecule has 43 heavy (non-hydrogen) atoms. The molecule has 13 nitrogen and oxygen atoms in total. The van der Waals surface area contributed by atoms with Crippen LogP contribution in [0.4, 0.5) is 35.4 Å². The Morgan fingerprint density at radius 1 is 1.14 bits per heavy atom. The summed E-state index contributed by atoms with van der Waals surface area (Å²) >= 11 is 0. The van der Waals surface area contributed by atoms with Crippen LogP contribution < -0.4 is 20.4 Å². The summed E-state index contributed by atoms with van der Waals surface area (Å²) < 4.78 is 45.3. The lowest BCUT2D eigenvalue weighted by molar-refractivity contribution is -0.141. The van der Waals surface area contributed by atoms with Crippen LogP contribution in [-0.2, 0) is 33.6 Å². The highest BCUT2D eigenvalue weighted by atomic mass is 19.4. The Morgan fingerprint density at radius 2 is 1.86 bits per heavy atom. The minimum atomic E-state index is -4.54. The third-order valence-electron chi connectivity index (χ3n) is 6.41. The van der Waals surface area contributed by atoms with Crippen molar-refractivity contribution in [3.63, 3.8) is 0 Å². The van der Waals surface area contributed by atoms with Gasteiger partial charge in [-0.3, -0.25) is 24.2 Å². The normalized spacial score (nSPS) is 15.0. The molecule has 0 aliphatic carbocycles. The Hall–Kier alpha value is -4.76. The molecule has 0 fully saturated rings. The number of rotatable bonds is 7. The van der Waals surface area contributed by atoms with Crippen LogP contribution in [0, 0.1) is 6.92 Å². The number of halogens is 3. The molecule has 1 atom stereocenters. The third kappa shape index (κ3) is 7.55. The molecule has 230 valence electrons. The number of hydrogen-bond donors (Lipinski definition) is 2. The average Bonchev–Trinajstić information content (AvgIpc) is 3.35. The zero-order valence-electron chi connectivity index (χ0n) is 24.5. The molecule has 0 saturated carbocycles. The molecule has 4 heterocycles. The first-order valence-corrected chi connectivity index (χ1v) is 13.2. The number of pyridine rings is 1. The highest BCUT2D eigenvalue weighted by Crippen LogP contribution is 2.33. The van der Waals surface area contributed by atoms with Gasteiger partial charge >= 0.3 is 12.3 Å². The number of likely N-dealkylation sites (N-methyl/N-ethyl adjacent to an activating group) is 1. The number of nitrogens with zero attached hydrogens (tertiary/aromatic N) is 7. The SMILES string of the molecule is Cc1nc(N(Cc2cnn(Cc3ccc(C(F)(F)F)nc3)c2)C(=O)CNC(=O)OC(C)(C)C)nc2c1NC(=O)[C@H](C)N2C. The molecule has 4 rings (SSSR count). The van der Waals surface area contributed by atoms with Gasteiger partial charge in [0, 0.05) is 25.0 Å². The van der Waals surface area contributed by atoms with E-state index in [2.05, 4.69) is 30.7 Å². The van der Waals surface area contributed by atoms with E-state index in [1.807, 2.05) is 0 Å². The van der Waals surface area contributed by atoms with E-state index in [-0.39, 0.29) is 24.9 Å². The summed E-state index contributed by atoms with van der Waals surface area (Å²) in [6, 6.07) is 1.69. The van der Waals surface area contributed by atoms with Crippen LogP contribution in [0.15, 0.2) is 30.7 Å². The summed E-state index contributed by atoms with van der Waals surface area (Å²) in [7, 11) is 1.70. The maximum atomic E-state index is 13.5. The quantitative estimate of drug-likeness (QED) is 0.415. The third-order valence-corrected chi connectivity index (χ3v) is 6.41. The molecule has 3 aromatic heterocycles. The molecule has 0 unspecified atom stereocenters. The molecule has 0 aromatic carbocycles. The summed E-state index contributed by atoms with van der Waals surface area (Å²) in [5, 5.41) is 9.50. The van der Waals surface area contributed by atoms with E-state index in [1.54, 1.807) is 52.8 Å². The zero-order valence-corrected chi connectivity index (χ0v) is 24.5. The predicted octanol–water partition coefficient (Wildman–Crippen LogP) is 3.28. The van der Waals surface area contributed by atoms with E-state index in [4.69, 9.17) is 4.74 Å². The molecule has 0 spiro atoms. The number of aryl methyl sites for hydroxylation is 1. The van der Waals surface area contributed by atoms with Gasteiger partial charge in [0.15, 0.2) is 5.82 Å². The van der Waals surface area contributed by atoms with E-state index in [1.165, 1.54) is 21.8 Å². The van der Waals surface area contributed by atoms with Crippen molar-refractivity contribution in [3.05, 3.63) is 53.2 Å². The summed E-state index contributed by atoms with van der Waals surface area (Å²) in [6.45, 7) is 8.12. The second kappa shape index (κ2) is 11.9. The molecular weight excluding hydrogens is 571 g/mol. The predicted molar refractivity (Wildman–Crippen MR) is 149 cm³/mol. The Bertz CT molecular complexity index is 1520. The van der Waals surface area contributed by atoms with Gasteiger partial charge in [0.05, 0.1) is 25.0 Å². The molecule has 3 amide bonds. The van der Waals surface area contributed by atoms with Gasteiger partial charge in [0.25, 0.3) is 0 Å². The van der Waals surface area contributed by atoms with Crippen LogP contribution in [0.2, 0.25) is 0 Å². The number of alkyl halides is 3. The van der Waals surface area contributed by atoms with Gasteiger partial charge < -0.3 is 20.3 Å². The van der Waals surface area contributed by atoms with Crippen molar-refractivity contribution in [2.24, 2.45) is 0 Å². The monoisotopic (exact) mass is 603 g/mol. The van der Waals surface area contributed by atoms with Crippen LogP contribution >= 0.6 is 0 Å². The van der Waals surface area contributed by atoms with Crippen molar-refractivity contribution >= 4 is 35.4 Å². The first-order valence-electron chi connectivity index (χ1n) is 13.2. The Kier molecular flexibility index (Phi) is 8.59. The largest absolute Gasteiger partial charge is 0.444 e. The number of carbonyl (C=O) groups excluding carboxylic acids is 3. The topological polar surface area (TPSA) is 147 Å². The van der Waals surface area contributed by atoms with Crippen LogP contribution in [0.25, 0.3) is 0 Å². The second-order valence-electron chi connectivity index (χ2n) is 11.0. The fourth-order valence-corrected chi connectivity index (χ4v) is 4.11. The standard InChI is InChI=1S/C27H32F3N9O4/c1-15-21-22(37(6)16(2)23(41)35-21)36-24(34-15)39(20(40)11-32-25(42)43-26(3,4)5)14-18-10-33-38(13-18)12-17-7-8-19(31-9-17)27(28,29)30/h7-10,13,16H,11-12,14H2,1-6H3,(H,32,42)(H,35,41)/t16-/m0/s1. The fraction of sp³-hybridized carbons (Fsp3) is 0.444. The van der Waals surface area contributed by atoms with E-state index < -0.39 is 42.1 Å². The van der Waals surface area contributed by atoms with Crippen LogP contribution in [0.3, 0.4) is 0 Å². The Balaban J connectivity index is 1.59. The first-order chi connectivity index (χ1) is 20.0. The molecule has 2 N–H and O–H groups in total. The average molecular weight is 604 g/mol. The zero-order chi connectivity index (χ0) is 31.7. The van der Waals surface area contributed by atoms with Crippen molar-refractivity contribution in [2.75, 3.05) is 28.7 Å². The molecule has 3 aromatic rings. The van der Waals surface area contributed by atoms with E-state index in [9.17, 15) is 27.6 Å². The van der Waals surface area contributed by atoms with E-state index >= 15 is 0 Å². The molecule has 0 saturated heterocycles. The van der Waals surface area contributed by atoms with E-state index in [0.29, 0.717) is 28.3 Å². The number of nitrogens with one attached hydrogen (secondary N) is 2. The van der Waals surface area contributed by atoms with Gasteiger partial charge in [-0.05, 0) is 46.2 Å². The molecule has 0 radical (unpaired) electrons. The number of aromatic nitrogens is 5. The molecule has 1 aliphatic rings. The molecule has 16 heteroatoms. The number of hydrogen-bond acceptors (Lipinski definition) is 9. The Labute approximate surface area is 245 Å². The van der Waals surface area contributed by atoms with Crippen molar-refractivity contribution in [3.8, 4) is 0 Å². The van der Waals surface area contributed by atoms with Gasteiger partial charge in [0.1, 0.15) is 29.6 Å². The van der Waals surface area contributed by atoms with E-state index in [0.717, 1.165) is 12.3 Å². The van der Waals surface area contributed by atoms with Crippen LogP contribution in [0.5, 0.6) is 0 Å². The number of amides is 3. The second-order valence-corrected chi connectivity index (χ2v) is 11.0. The lowest BCUT2D eigenvalue weighted by Gasteiger charge is -2.33. The van der Waals surface area contributed by atoms with Crippen molar-refractivity contribution in [1.82, 2.24) is 30.0 Å². The van der Waals surface area contributed by atoms with Gasteiger partial charge in [-0.25, -0.2) is 9.78 Å². The van der Waals surface area contributed by atoms with Gasteiger partial charge in [-0.1, -0.05) is 6.07 Å². The van der Waals surface area contributed by atoms with Gasteiger partial charge in [-0.2, -0.15) is 23.3 Å². The summed E-state index contributed by atoms with van der Waals surface area (Å²) in [5.74, 6) is -0.333. The first kappa shape index (κ1) is 31.2. The van der Waals surface area contributed by atoms with Crippen molar-refractivity contribution in [2.45, 2.75) is 65.5 Å². The van der Waals surface area contributed by atoms with Crippen LogP contribution in [-0.4, -0.2) is 67.9 Å². The minimum Gasteiger partial charge on any atom is -0.444 e. The van der Waals surface area contributed by atoms with Crippen LogP contribution in [0.1, 0.15) is 50.2 Å². The Morgan fingerprint density at radius 3 is 2.49 bits per heavy atom. The van der Waals surface area contributed by atoms with Gasteiger partial charge in [0.2, 0.25) is 17.8 Å². The maximum Gasteiger partial charge on any atom is 0.433 e. The van der Waals surface area contributed by atoms with Crippen molar-refractivity contribution < 1.29 is 32.3 Å². The highest BCUT2D eigenvalue weighted by molar-refractivity contribution is 6.03. The number of anilines is 3.